The van der Waals surface area contributed by atoms with Crippen LogP contribution in [-0.2, 0) is 16.0 Å². The van der Waals surface area contributed by atoms with Gasteiger partial charge in [0, 0.05) is 50.3 Å². The molecule has 1 fully saturated rings. The van der Waals surface area contributed by atoms with E-state index < -0.39 is 5.82 Å². The Morgan fingerprint density at radius 3 is 2.52 bits per heavy atom. The fraction of sp³-hybridized carbons (Fsp3) is 0.200. The molecule has 7 nitrogen and oxygen atoms in total. The number of amides is 2. The molecule has 0 spiro atoms. The molecule has 4 rings (SSSR count). The number of hydrogen-bond donors (Lipinski definition) is 0. The van der Waals surface area contributed by atoms with Crippen LogP contribution < -0.4 is 4.74 Å². The number of carbonyl (C=O) groups excluding carboxylic acids is 2. The summed E-state index contributed by atoms with van der Waals surface area (Å²) in [5.41, 5.74) is 1.27. The van der Waals surface area contributed by atoms with E-state index in [1.807, 2.05) is 18.2 Å². The van der Waals surface area contributed by atoms with Crippen molar-refractivity contribution in [1.82, 2.24) is 19.8 Å². The molecule has 0 radical (unpaired) electrons. The van der Waals surface area contributed by atoms with Crippen LogP contribution in [0.25, 0.3) is 6.08 Å². The van der Waals surface area contributed by atoms with Crippen LogP contribution in [0.2, 0.25) is 0 Å². The smallest absolute Gasteiger partial charge is 0.246 e. The second-order valence-corrected chi connectivity index (χ2v) is 7.52. The molecule has 1 saturated heterocycles. The van der Waals surface area contributed by atoms with Crippen molar-refractivity contribution in [3.63, 3.8) is 0 Å². The summed E-state index contributed by atoms with van der Waals surface area (Å²) in [7, 11) is 0. The first-order chi connectivity index (χ1) is 16.1. The van der Waals surface area contributed by atoms with Gasteiger partial charge in [-0.25, -0.2) is 4.39 Å². The molecular weight excluding hydrogens is 423 g/mol. The molecule has 2 aromatic heterocycles. The van der Waals surface area contributed by atoms with E-state index in [-0.39, 0.29) is 24.0 Å². The first-order valence-electron chi connectivity index (χ1n) is 10.6. The molecule has 0 aliphatic carbocycles. The van der Waals surface area contributed by atoms with Crippen molar-refractivity contribution in [3.8, 4) is 11.5 Å². The summed E-state index contributed by atoms with van der Waals surface area (Å²) < 4.78 is 19.9. The first kappa shape index (κ1) is 22.1. The number of rotatable bonds is 6. The summed E-state index contributed by atoms with van der Waals surface area (Å²) in [6.07, 6.45) is 8.00. The average molecular weight is 446 g/mol. The highest BCUT2D eigenvalue weighted by molar-refractivity contribution is 5.92. The van der Waals surface area contributed by atoms with E-state index in [0.29, 0.717) is 37.5 Å². The van der Waals surface area contributed by atoms with Crippen molar-refractivity contribution in [3.05, 3.63) is 90.3 Å². The number of piperazine rings is 1. The van der Waals surface area contributed by atoms with Gasteiger partial charge in [0.05, 0.1) is 12.6 Å². The molecule has 1 aliphatic heterocycles. The van der Waals surface area contributed by atoms with Gasteiger partial charge in [-0.15, -0.1) is 0 Å². The zero-order chi connectivity index (χ0) is 23.0. The summed E-state index contributed by atoms with van der Waals surface area (Å²) >= 11 is 0. The molecule has 0 atom stereocenters. The van der Waals surface area contributed by atoms with Gasteiger partial charge >= 0.3 is 0 Å². The topological polar surface area (TPSA) is 75.6 Å². The van der Waals surface area contributed by atoms with Crippen LogP contribution in [0.4, 0.5) is 4.39 Å². The van der Waals surface area contributed by atoms with Gasteiger partial charge < -0.3 is 14.5 Å². The Labute approximate surface area is 191 Å². The van der Waals surface area contributed by atoms with Crippen LogP contribution in [0.5, 0.6) is 11.5 Å². The highest BCUT2D eigenvalue weighted by atomic mass is 19.1. The first-order valence-corrected chi connectivity index (χ1v) is 10.6. The molecule has 0 N–H and O–H groups in total. The monoisotopic (exact) mass is 446 g/mol. The lowest BCUT2D eigenvalue weighted by Crippen LogP contribution is -2.50. The van der Waals surface area contributed by atoms with E-state index in [4.69, 9.17) is 4.74 Å². The number of hydrogen-bond acceptors (Lipinski definition) is 5. The Bertz CT molecular complexity index is 1130. The minimum absolute atomic E-state index is 0.000379. The maximum atomic E-state index is 14.4. The van der Waals surface area contributed by atoms with E-state index >= 15 is 0 Å². The Kier molecular flexibility index (Phi) is 7.04. The van der Waals surface area contributed by atoms with Gasteiger partial charge in [0.2, 0.25) is 11.8 Å². The molecule has 168 valence electrons. The van der Waals surface area contributed by atoms with Crippen LogP contribution in [0.15, 0.2) is 73.2 Å². The number of nitrogens with zero attached hydrogens (tertiary/aromatic N) is 4. The largest absolute Gasteiger partial charge is 0.453 e. The lowest BCUT2D eigenvalue weighted by Gasteiger charge is -2.34. The number of halogens is 1. The molecule has 3 aromatic rings. The second-order valence-electron chi connectivity index (χ2n) is 7.52. The van der Waals surface area contributed by atoms with E-state index in [9.17, 15) is 14.0 Å². The van der Waals surface area contributed by atoms with Crippen LogP contribution >= 0.6 is 0 Å². The van der Waals surface area contributed by atoms with Crippen LogP contribution in [0.3, 0.4) is 0 Å². The van der Waals surface area contributed by atoms with Crippen molar-refractivity contribution in [2.45, 2.75) is 6.42 Å². The maximum Gasteiger partial charge on any atom is 0.246 e. The van der Waals surface area contributed by atoms with Crippen LogP contribution in [0.1, 0.15) is 11.3 Å². The zero-order valence-electron chi connectivity index (χ0n) is 17.9. The molecule has 33 heavy (non-hydrogen) atoms. The van der Waals surface area contributed by atoms with Crippen LogP contribution in [0, 0.1) is 5.82 Å². The van der Waals surface area contributed by atoms with Crippen molar-refractivity contribution in [2.75, 3.05) is 26.2 Å². The van der Waals surface area contributed by atoms with E-state index in [2.05, 4.69) is 9.97 Å². The summed E-state index contributed by atoms with van der Waals surface area (Å²) in [5.74, 6) is -0.192. The third-order valence-electron chi connectivity index (χ3n) is 5.24. The molecule has 1 aliphatic rings. The molecular formula is C25H23FN4O3. The van der Waals surface area contributed by atoms with Crippen molar-refractivity contribution < 1.29 is 18.7 Å². The van der Waals surface area contributed by atoms with Gasteiger partial charge in [-0.2, -0.15) is 0 Å². The van der Waals surface area contributed by atoms with Gasteiger partial charge in [0.1, 0.15) is 5.75 Å². The van der Waals surface area contributed by atoms with E-state index in [1.165, 1.54) is 24.4 Å². The van der Waals surface area contributed by atoms with Crippen LogP contribution in [-0.4, -0.2) is 57.8 Å². The van der Waals surface area contributed by atoms with Gasteiger partial charge in [-0.1, -0.05) is 12.1 Å². The summed E-state index contributed by atoms with van der Waals surface area (Å²) in [4.78, 5) is 36.5. The van der Waals surface area contributed by atoms with E-state index in [1.54, 1.807) is 46.5 Å². The van der Waals surface area contributed by atoms with E-state index in [0.717, 1.165) is 5.69 Å². The van der Waals surface area contributed by atoms with Crippen molar-refractivity contribution in [1.29, 1.82) is 0 Å². The number of benzene rings is 1. The highest BCUT2D eigenvalue weighted by Crippen LogP contribution is 2.25. The third-order valence-corrected chi connectivity index (χ3v) is 5.24. The number of ether oxygens (including phenoxy) is 1. The van der Waals surface area contributed by atoms with Crippen molar-refractivity contribution >= 4 is 17.9 Å². The zero-order valence-corrected chi connectivity index (χ0v) is 17.9. The van der Waals surface area contributed by atoms with Gasteiger partial charge in [-0.05, 0) is 48.0 Å². The minimum Gasteiger partial charge on any atom is -0.453 e. The highest BCUT2D eigenvalue weighted by Gasteiger charge is 2.23. The standard InChI is InChI=1S/C25H23FN4O3/c26-22-16-19(6-8-23(22)33-21-5-3-10-27-18-21)7-9-24(31)29-12-14-30(15-13-29)25(32)17-20-4-1-2-11-28-20/h1-11,16,18H,12-15,17H2/b9-7+. The predicted molar refractivity (Wildman–Crippen MR) is 121 cm³/mol. The number of aromatic nitrogens is 2. The fourth-order valence-corrected chi connectivity index (χ4v) is 3.46. The van der Waals surface area contributed by atoms with Gasteiger partial charge in [0.25, 0.3) is 0 Å². The quantitative estimate of drug-likeness (QED) is 0.543. The number of carbonyl (C=O) groups is 2. The Hall–Kier alpha value is -4.07. The van der Waals surface area contributed by atoms with Gasteiger partial charge in [-0.3, -0.25) is 19.6 Å². The summed E-state index contributed by atoms with van der Waals surface area (Å²) in [6, 6.07) is 13.4. The normalized spacial score (nSPS) is 13.8. The van der Waals surface area contributed by atoms with Crippen molar-refractivity contribution in [2.24, 2.45) is 0 Å². The summed E-state index contributed by atoms with van der Waals surface area (Å²) in [5, 5.41) is 0. The molecule has 2 amide bonds. The maximum absolute atomic E-state index is 14.4. The molecule has 0 saturated carbocycles. The number of pyridine rings is 2. The Morgan fingerprint density at radius 2 is 1.82 bits per heavy atom. The predicted octanol–water partition coefficient (Wildman–Crippen LogP) is 3.33. The lowest BCUT2D eigenvalue weighted by molar-refractivity contribution is -0.136. The molecule has 0 unspecified atom stereocenters. The second kappa shape index (κ2) is 10.5. The third kappa shape index (κ3) is 6.00. The molecule has 0 bridgehead atoms. The lowest BCUT2D eigenvalue weighted by atomic mass is 10.2. The Balaban J connectivity index is 1.28. The Morgan fingerprint density at radius 1 is 1.00 bits per heavy atom. The molecule has 1 aromatic carbocycles. The fourth-order valence-electron chi connectivity index (χ4n) is 3.46. The average Bonchev–Trinajstić information content (AvgIpc) is 2.85. The molecule has 8 heteroatoms. The van der Waals surface area contributed by atoms with Gasteiger partial charge in [0.15, 0.2) is 11.6 Å². The molecule has 3 heterocycles. The SMILES string of the molecule is O=C(/C=C/c1ccc(Oc2cccnc2)c(F)c1)N1CCN(C(=O)Cc2ccccn2)CC1. The summed E-state index contributed by atoms with van der Waals surface area (Å²) in [6.45, 7) is 1.84. The minimum atomic E-state index is -0.534.